The summed E-state index contributed by atoms with van der Waals surface area (Å²) < 4.78 is 7.28. The maximum atomic E-state index is 12.7. The van der Waals surface area contributed by atoms with Crippen LogP contribution in [0, 0.1) is 0 Å². The average Bonchev–Trinajstić information content (AvgIpc) is 3.16. The lowest BCUT2D eigenvalue weighted by atomic mass is 10.2. The van der Waals surface area contributed by atoms with E-state index in [2.05, 4.69) is 27.4 Å². The van der Waals surface area contributed by atoms with Crippen molar-refractivity contribution in [2.75, 3.05) is 12.4 Å². The molecular weight excluding hydrogens is 457 g/mol. The number of methoxy groups -OCH3 is 1. The van der Waals surface area contributed by atoms with Crippen molar-refractivity contribution in [1.29, 1.82) is 0 Å². The number of amides is 1. The van der Waals surface area contributed by atoms with Crippen LogP contribution in [0.1, 0.15) is 26.7 Å². The number of benzene rings is 1. The Kier molecular flexibility index (Phi) is 8.17. The van der Waals surface area contributed by atoms with Crippen molar-refractivity contribution in [2.45, 2.75) is 43.6 Å². The Bertz CT molecular complexity index is 1040. The van der Waals surface area contributed by atoms with Crippen LogP contribution < -0.4 is 10.1 Å². The van der Waals surface area contributed by atoms with Crippen molar-refractivity contribution in [3.63, 3.8) is 0 Å². The first-order valence-corrected chi connectivity index (χ1v) is 11.4. The highest BCUT2D eigenvalue weighted by atomic mass is 35.5. The van der Waals surface area contributed by atoms with Gasteiger partial charge in [0.15, 0.2) is 16.8 Å². The lowest BCUT2D eigenvalue weighted by Gasteiger charge is -2.14. The van der Waals surface area contributed by atoms with E-state index in [1.54, 1.807) is 14.0 Å². The van der Waals surface area contributed by atoms with Gasteiger partial charge in [0.2, 0.25) is 5.91 Å². The highest BCUT2D eigenvalue weighted by Gasteiger charge is 2.22. The molecule has 0 radical (unpaired) electrons. The number of hydrogen-bond acceptors (Lipinski definition) is 6. The number of unbranched alkanes of at least 4 members (excludes halogenated alkanes) is 1. The molecule has 0 aliphatic heterocycles. The number of carbonyl (C=O) groups is 1. The number of rotatable bonds is 9. The number of ether oxygens (including phenoxy) is 1. The van der Waals surface area contributed by atoms with Gasteiger partial charge >= 0.3 is 0 Å². The summed E-state index contributed by atoms with van der Waals surface area (Å²) in [6.45, 7) is 4.69. The zero-order valence-electron chi connectivity index (χ0n) is 17.4. The van der Waals surface area contributed by atoms with Crippen LogP contribution in [0.3, 0.4) is 0 Å². The van der Waals surface area contributed by atoms with E-state index in [-0.39, 0.29) is 16.7 Å². The maximum absolute atomic E-state index is 12.7. The molecule has 0 saturated heterocycles. The summed E-state index contributed by atoms with van der Waals surface area (Å²) in [7, 11) is 1.63. The Hall–Kier alpha value is -2.29. The maximum Gasteiger partial charge on any atom is 0.238 e. The molecule has 3 rings (SSSR count). The first kappa shape index (κ1) is 23.4. The van der Waals surface area contributed by atoms with Gasteiger partial charge in [-0.05, 0) is 43.7 Å². The fourth-order valence-corrected chi connectivity index (χ4v) is 4.09. The van der Waals surface area contributed by atoms with Crippen LogP contribution in [0.2, 0.25) is 10.0 Å². The molecule has 1 amide bonds. The molecule has 10 heteroatoms. The van der Waals surface area contributed by atoms with Crippen molar-refractivity contribution < 1.29 is 9.53 Å². The molecule has 2 aromatic heterocycles. The molecule has 1 N–H and O–H groups in total. The van der Waals surface area contributed by atoms with Gasteiger partial charge in [0.05, 0.1) is 22.4 Å². The van der Waals surface area contributed by atoms with E-state index >= 15 is 0 Å². The molecule has 3 aromatic rings. The van der Waals surface area contributed by atoms with Gasteiger partial charge in [-0.3, -0.25) is 4.79 Å². The number of nitrogens with zero attached hydrogens (tertiary/aromatic N) is 4. The number of carbonyl (C=O) groups excluding carboxylic acids is 1. The van der Waals surface area contributed by atoms with Gasteiger partial charge in [0.25, 0.3) is 0 Å². The minimum atomic E-state index is -0.443. The molecule has 0 spiro atoms. The second kappa shape index (κ2) is 10.8. The minimum absolute atomic E-state index is 0.238. The quantitative estimate of drug-likeness (QED) is 0.403. The molecule has 7 nitrogen and oxygen atoms in total. The molecule has 0 bridgehead atoms. The van der Waals surface area contributed by atoms with Crippen molar-refractivity contribution in [1.82, 2.24) is 19.7 Å². The van der Waals surface area contributed by atoms with Crippen LogP contribution in [0.4, 0.5) is 5.82 Å². The number of pyridine rings is 1. The average molecular weight is 480 g/mol. The summed E-state index contributed by atoms with van der Waals surface area (Å²) in [5, 5.41) is 12.4. The molecule has 0 fully saturated rings. The highest BCUT2D eigenvalue weighted by Crippen LogP contribution is 2.29. The topological polar surface area (TPSA) is 81.9 Å². The third-order valence-corrected chi connectivity index (χ3v) is 6.08. The standard InChI is InChI=1S/C21H23Cl2N5O2S/c1-4-5-10-28-19(14-6-8-16(30-3)9-7-14)26-27-21(28)31-13(2)20(29)25-18-17(23)11-15(22)12-24-18/h6-9,11-13H,4-5,10H2,1-3H3,(H,24,25,29). The number of halogens is 2. The first-order chi connectivity index (χ1) is 14.9. The van der Waals surface area contributed by atoms with Crippen LogP contribution in [0.5, 0.6) is 5.75 Å². The highest BCUT2D eigenvalue weighted by molar-refractivity contribution is 8.00. The number of thioether (sulfide) groups is 1. The summed E-state index contributed by atoms with van der Waals surface area (Å²) in [6, 6.07) is 9.21. The molecule has 1 aromatic carbocycles. The largest absolute Gasteiger partial charge is 0.497 e. The number of nitrogens with one attached hydrogen (secondary N) is 1. The van der Waals surface area contributed by atoms with E-state index in [4.69, 9.17) is 27.9 Å². The Morgan fingerprint density at radius 2 is 2.00 bits per heavy atom. The van der Waals surface area contributed by atoms with E-state index in [0.29, 0.717) is 10.2 Å². The van der Waals surface area contributed by atoms with Crippen molar-refractivity contribution >= 4 is 46.7 Å². The third-order valence-electron chi connectivity index (χ3n) is 4.50. The van der Waals surface area contributed by atoms with Crippen molar-refractivity contribution in [3.05, 3.63) is 46.6 Å². The monoisotopic (exact) mass is 479 g/mol. The Balaban J connectivity index is 1.79. The second-order valence-corrected chi connectivity index (χ2v) is 8.92. The SMILES string of the molecule is CCCCn1c(SC(C)C(=O)Nc2ncc(Cl)cc2Cl)nnc1-c1ccc(OC)cc1. The zero-order valence-corrected chi connectivity index (χ0v) is 19.8. The number of anilines is 1. The predicted octanol–water partition coefficient (Wildman–Crippen LogP) is 5.57. The van der Waals surface area contributed by atoms with Gasteiger partial charge < -0.3 is 14.6 Å². The lowest BCUT2D eigenvalue weighted by Crippen LogP contribution is -2.23. The Labute approximate surface area is 195 Å². The van der Waals surface area contributed by atoms with Gasteiger partial charge in [-0.2, -0.15) is 0 Å². The minimum Gasteiger partial charge on any atom is -0.497 e. The van der Waals surface area contributed by atoms with Crippen LogP contribution in [-0.4, -0.2) is 38.0 Å². The smallest absolute Gasteiger partial charge is 0.238 e. The summed E-state index contributed by atoms with van der Waals surface area (Å²) in [5.41, 5.74) is 0.936. The molecule has 0 aliphatic rings. The molecule has 0 aliphatic carbocycles. The van der Waals surface area contributed by atoms with Crippen molar-refractivity contribution in [3.8, 4) is 17.1 Å². The first-order valence-electron chi connectivity index (χ1n) is 9.79. The van der Waals surface area contributed by atoms with Crippen LogP contribution in [0.15, 0.2) is 41.7 Å². The predicted molar refractivity (Wildman–Crippen MR) is 125 cm³/mol. The third kappa shape index (κ3) is 5.90. The van der Waals surface area contributed by atoms with Crippen LogP contribution in [-0.2, 0) is 11.3 Å². The van der Waals surface area contributed by atoms with E-state index in [1.165, 1.54) is 24.0 Å². The number of hydrogen-bond donors (Lipinski definition) is 1. The van der Waals surface area contributed by atoms with Gasteiger partial charge in [-0.15, -0.1) is 10.2 Å². The Morgan fingerprint density at radius 3 is 2.65 bits per heavy atom. The lowest BCUT2D eigenvalue weighted by molar-refractivity contribution is -0.115. The van der Waals surface area contributed by atoms with Crippen LogP contribution >= 0.6 is 35.0 Å². The fraction of sp³-hybridized carbons (Fsp3) is 0.333. The van der Waals surface area contributed by atoms with Gasteiger partial charge in [-0.25, -0.2) is 4.98 Å². The van der Waals surface area contributed by atoms with Gasteiger partial charge in [0, 0.05) is 18.3 Å². The van der Waals surface area contributed by atoms with E-state index in [1.807, 2.05) is 28.8 Å². The van der Waals surface area contributed by atoms with Gasteiger partial charge in [0.1, 0.15) is 5.75 Å². The zero-order chi connectivity index (χ0) is 22.4. The summed E-state index contributed by atoms with van der Waals surface area (Å²) in [6.07, 6.45) is 3.43. The fourth-order valence-electron chi connectivity index (χ4n) is 2.78. The molecule has 1 unspecified atom stereocenters. The van der Waals surface area contributed by atoms with Gasteiger partial charge in [-0.1, -0.05) is 48.3 Å². The normalized spacial score (nSPS) is 11.9. The molecule has 1 atom stereocenters. The second-order valence-electron chi connectivity index (χ2n) is 6.77. The Morgan fingerprint density at radius 1 is 1.26 bits per heavy atom. The summed E-state index contributed by atoms with van der Waals surface area (Å²) in [4.78, 5) is 16.8. The molecule has 2 heterocycles. The van der Waals surface area contributed by atoms with Crippen molar-refractivity contribution in [2.24, 2.45) is 0 Å². The summed E-state index contributed by atoms with van der Waals surface area (Å²) >= 11 is 13.3. The molecule has 31 heavy (non-hydrogen) atoms. The van der Waals surface area contributed by atoms with E-state index in [0.717, 1.165) is 36.5 Å². The number of aromatic nitrogens is 4. The molecule has 164 valence electrons. The van der Waals surface area contributed by atoms with Crippen LogP contribution in [0.25, 0.3) is 11.4 Å². The van der Waals surface area contributed by atoms with E-state index in [9.17, 15) is 4.79 Å². The summed E-state index contributed by atoms with van der Waals surface area (Å²) in [5.74, 6) is 1.57. The molecule has 0 saturated carbocycles. The molecular formula is C21H23Cl2N5O2S. The van der Waals surface area contributed by atoms with E-state index < -0.39 is 5.25 Å².